The fourth-order valence-corrected chi connectivity index (χ4v) is 9.45. The van der Waals surface area contributed by atoms with E-state index in [4.69, 9.17) is 28.4 Å². The lowest BCUT2D eigenvalue weighted by Gasteiger charge is -2.09. The number of aryl methyl sites for hydroxylation is 1. The molecule has 0 saturated carbocycles. The van der Waals surface area contributed by atoms with Crippen LogP contribution in [0.2, 0.25) is 0 Å². The van der Waals surface area contributed by atoms with Gasteiger partial charge in [-0.3, -0.25) is 0 Å². The Labute approximate surface area is 584 Å². The van der Waals surface area contributed by atoms with Crippen LogP contribution in [0.1, 0.15) is 92.3 Å². The first kappa shape index (κ1) is 78.5. The monoisotopic (exact) mass is 1360 g/mol. The number of carbonyl (C=O) groups excluding carboxylic acids is 5. The number of hydrogen-bond acceptors (Lipinski definition) is 19. The molecule has 10 aromatic carbocycles. The second kappa shape index (κ2) is 41.0. The molecule has 3 radical (unpaired) electrons. The molecular weight excluding hydrogens is 1280 g/mol. The third-order valence-electron chi connectivity index (χ3n) is 14.9. The standard InChI is InChI=1S/4C16H16O4.C16H16O3.B/c1-18-14-7-3-12(4-8-14)11-13-5-9-15(10-6-13)20-16(17)19-2;1-19-14-6-3-11(4-7-14)9-13-10-12(16(18)20-2)5-8-15(13)17;1-19-13-6-3-11(4-7-13)9-12-5-8-15(17)14(10-12)16(18)20-2;1-19-13-8-6-11(7-9-13)10-12-4-3-5-14(15(12)17)16(18)20-2;1-12-7-9-13(10-8-12)11-14-5-3-4-6-15(14)19-16(17)18-2;/h3-10H,11H2,1-2H3;2*3-8,10,17H,9H2,1-2H3;3-9,17H,10H2,1-2H3;3-10H,11H2,1-2H3;. The quantitative estimate of drug-likeness (QED) is 0.0295. The maximum absolute atomic E-state index is 11.5. The van der Waals surface area contributed by atoms with Gasteiger partial charge in [-0.15, -0.1) is 0 Å². The topological polar surface area (TPSA) is 248 Å². The molecule has 0 fully saturated rings. The van der Waals surface area contributed by atoms with E-state index < -0.39 is 30.2 Å². The molecule has 0 bridgehead atoms. The molecule has 0 heterocycles. The van der Waals surface area contributed by atoms with Gasteiger partial charge in [0.15, 0.2) is 0 Å². The Morgan fingerprint density at radius 3 is 1.14 bits per heavy atom. The summed E-state index contributed by atoms with van der Waals surface area (Å²) in [6.45, 7) is 2.05. The minimum Gasteiger partial charge on any atom is -0.508 e. The van der Waals surface area contributed by atoms with Crippen LogP contribution in [-0.4, -0.2) is 118 Å². The van der Waals surface area contributed by atoms with Crippen molar-refractivity contribution in [1.82, 2.24) is 0 Å². The molecule has 0 aliphatic rings. The summed E-state index contributed by atoms with van der Waals surface area (Å²) >= 11 is 0. The van der Waals surface area contributed by atoms with Crippen molar-refractivity contribution in [3.8, 4) is 51.7 Å². The van der Waals surface area contributed by atoms with Crippen molar-refractivity contribution in [3.05, 3.63) is 302 Å². The summed E-state index contributed by atoms with van der Waals surface area (Å²) in [5, 5.41) is 29.7. The van der Waals surface area contributed by atoms with Crippen molar-refractivity contribution in [2.24, 2.45) is 0 Å². The maximum atomic E-state index is 11.5. The molecular formula is C80H80BO19. The van der Waals surface area contributed by atoms with Crippen LogP contribution in [0.5, 0.6) is 51.7 Å². The first-order chi connectivity index (χ1) is 47.8. The minimum atomic E-state index is -0.715. The second-order valence-electron chi connectivity index (χ2n) is 21.6. The summed E-state index contributed by atoms with van der Waals surface area (Å²) in [6.07, 6.45) is 1.83. The highest BCUT2D eigenvalue weighted by Gasteiger charge is 2.17. The van der Waals surface area contributed by atoms with Gasteiger partial charge < -0.3 is 67.4 Å². The van der Waals surface area contributed by atoms with Crippen molar-refractivity contribution in [3.63, 3.8) is 0 Å². The molecule has 0 aliphatic carbocycles. The largest absolute Gasteiger partial charge is 0.513 e. The van der Waals surface area contributed by atoms with E-state index in [1.165, 1.54) is 64.4 Å². The summed E-state index contributed by atoms with van der Waals surface area (Å²) in [5.41, 5.74) is 11.9. The Morgan fingerprint density at radius 1 is 0.310 bits per heavy atom. The lowest BCUT2D eigenvalue weighted by atomic mass is 10.0. The zero-order valence-electron chi connectivity index (χ0n) is 57.3. The SMILES string of the molecule is COC(=O)Oc1ccc(Cc2ccc(OC)cc2)cc1.COC(=O)Oc1ccccc1Cc1ccc(C)cc1.COC(=O)c1cc(Cc2ccc(OC)cc2)ccc1O.COC(=O)c1ccc(O)c(Cc2ccc(OC)cc2)c1.COC(=O)c1cccc(Cc2ccc(OC)cc2)c1O.[B]. The predicted molar refractivity (Wildman–Crippen MR) is 380 cm³/mol. The molecule has 10 rings (SSSR count). The summed E-state index contributed by atoms with van der Waals surface area (Å²) in [7, 11) is 13.0. The van der Waals surface area contributed by atoms with Crippen LogP contribution >= 0.6 is 0 Å². The summed E-state index contributed by atoms with van der Waals surface area (Å²) in [4.78, 5) is 56.7. The number of aromatic hydroxyl groups is 3. The summed E-state index contributed by atoms with van der Waals surface area (Å²) in [6, 6.07) is 68.5. The third kappa shape index (κ3) is 25.1. The number of esters is 3. The van der Waals surface area contributed by atoms with Crippen LogP contribution in [0.15, 0.2) is 224 Å². The number of para-hydroxylation sites is 2. The molecule has 19 nitrogen and oxygen atoms in total. The number of methoxy groups -OCH3 is 9. The Hall–Kier alpha value is -12.2. The number of hydrogen-bond donors (Lipinski definition) is 3. The van der Waals surface area contributed by atoms with Crippen LogP contribution in [0.4, 0.5) is 9.59 Å². The van der Waals surface area contributed by atoms with Gasteiger partial charge in [-0.25, -0.2) is 24.0 Å². The van der Waals surface area contributed by atoms with Gasteiger partial charge in [0.05, 0.1) is 69.6 Å². The third-order valence-corrected chi connectivity index (χ3v) is 14.9. The van der Waals surface area contributed by atoms with E-state index in [0.717, 1.165) is 62.8 Å². The Morgan fingerprint density at radius 2 is 0.680 bits per heavy atom. The molecule has 0 unspecified atom stereocenters. The van der Waals surface area contributed by atoms with Crippen LogP contribution in [0, 0.1) is 6.92 Å². The van der Waals surface area contributed by atoms with E-state index in [1.54, 1.807) is 89.1 Å². The van der Waals surface area contributed by atoms with Gasteiger partial charge in [-0.1, -0.05) is 127 Å². The number of ether oxygens (including phenoxy) is 11. The van der Waals surface area contributed by atoms with Gasteiger partial charge in [0, 0.05) is 27.7 Å². The molecule has 517 valence electrons. The molecule has 0 saturated heterocycles. The van der Waals surface area contributed by atoms with E-state index in [1.807, 2.05) is 127 Å². The number of carbonyl (C=O) groups is 5. The van der Waals surface area contributed by atoms with Gasteiger partial charge in [0.1, 0.15) is 62.9 Å². The van der Waals surface area contributed by atoms with Crippen LogP contribution in [0.3, 0.4) is 0 Å². The van der Waals surface area contributed by atoms with E-state index >= 15 is 0 Å². The van der Waals surface area contributed by atoms with Crippen molar-refractivity contribution in [2.45, 2.75) is 39.0 Å². The van der Waals surface area contributed by atoms with Gasteiger partial charge >= 0.3 is 30.2 Å². The molecule has 20 heteroatoms. The van der Waals surface area contributed by atoms with Crippen LogP contribution in [-0.2, 0) is 55.8 Å². The zero-order chi connectivity index (χ0) is 71.6. The smallest absolute Gasteiger partial charge is 0.508 e. The molecule has 0 amide bonds. The Balaban J connectivity index is 0.000000225. The highest BCUT2D eigenvalue weighted by molar-refractivity contribution is 5.93. The predicted octanol–water partition coefficient (Wildman–Crippen LogP) is 15.1. The molecule has 0 spiro atoms. The molecule has 100 heavy (non-hydrogen) atoms. The number of rotatable bonds is 19. The Bertz CT molecular complexity index is 4140. The highest BCUT2D eigenvalue weighted by Crippen LogP contribution is 2.29. The fraction of sp³-hybridized carbons (Fsp3) is 0.188. The fourth-order valence-electron chi connectivity index (χ4n) is 9.45. The zero-order valence-corrected chi connectivity index (χ0v) is 57.3. The Kier molecular flexibility index (Phi) is 32.2. The molecule has 0 atom stereocenters. The van der Waals surface area contributed by atoms with Crippen molar-refractivity contribution in [2.75, 3.05) is 64.0 Å². The molecule has 3 N–H and O–H groups in total. The molecule has 0 aliphatic heterocycles. The number of benzene rings is 10. The van der Waals surface area contributed by atoms with Gasteiger partial charge in [-0.05, 0) is 179 Å². The van der Waals surface area contributed by atoms with Gasteiger partial charge in [0.2, 0.25) is 0 Å². The molecule has 0 aromatic heterocycles. The number of phenols is 3. The van der Waals surface area contributed by atoms with Crippen molar-refractivity contribution >= 4 is 38.6 Å². The van der Waals surface area contributed by atoms with Gasteiger partial charge in [-0.2, -0.15) is 0 Å². The lowest BCUT2D eigenvalue weighted by Crippen LogP contribution is -2.09. The minimum absolute atomic E-state index is 0. The average molecular weight is 1360 g/mol. The van der Waals surface area contributed by atoms with E-state index in [-0.39, 0.29) is 36.8 Å². The first-order valence-electron chi connectivity index (χ1n) is 30.8. The second-order valence-corrected chi connectivity index (χ2v) is 21.6. The van der Waals surface area contributed by atoms with E-state index in [0.29, 0.717) is 53.9 Å². The maximum Gasteiger partial charge on any atom is 0.513 e. The van der Waals surface area contributed by atoms with Crippen molar-refractivity contribution < 1.29 is 91.4 Å². The highest BCUT2D eigenvalue weighted by atomic mass is 16.7. The first-order valence-corrected chi connectivity index (χ1v) is 30.8. The normalized spacial score (nSPS) is 9.94. The summed E-state index contributed by atoms with van der Waals surface area (Å²) < 4.78 is 53.4. The average Bonchev–Trinajstić information content (AvgIpc) is 0.856. The van der Waals surface area contributed by atoms with E-state index in [9.17, 15) is 39.3 Å². The summed E-state index contributed by atoms with van der Waals surface area (Å²) in [5.74, 6) is 2.76. The van der Waals surface area contributed by atoms with E-state index in [2.05, 4.69) is 54.9 Å². The van der Waals surface area contributed by atoms with Crippen molar-refractivity contribution in [1.29, 1.82) is 0 Å². The van der Waals surface area contributed by atoms with Crippen LogP contribution < -0.4 is 28.4 Å². The lowest BCUT2D eigenvalue weighted by molar-refractivity contribution is 0.0588. The molecule has 10 aromatic rings. The van der Waals surface area contributed by atoms with Crippen LogP contribution in [0.25, 0.3) is 0 Å². The van der Waals surface area contributed by atoms with Gasteiger partial charge in [0.25, 0.3) is 0 Å². The number of phenolic OH excluding ortho intramolecular Hbond substituents is 3.